The zero-order valence-electron chi connectivity index (χ0n) is 16.9. The molecule has 2 aliphatic carbocycles. The van der Waals surface area contributed by atoms with Crippen LogP contribution in [0.25, 0.3) is 5.57 Å². The van der Waals surface area contributed by atoms with Crippen molar-refractivity contribution in [3.05, 3.63) is 27.0 Å². The first kappa shape index (κ1) is 19.7. The van der Waals surface area contributed by atoms with Crippen LogP contribution in [0.3, 0.4) is 0 Å². The Labute approximate surface area is 172 Å². The minimum atomic E-state index is -0.808. The average Bonchev–Trinajstić information content (AvgIpc) is 3.37. The van der Waals surface area contributed by atoms with Crippen molar-refractivity contribution in [2.45, 2.75) is 64.2 Å². The highest BCUT2D eigenvalue weighted by atomic mass is 32.1. The molecule has 0 bridgehead atoms. The summed E-state index contributed by atoms with van der Waals surface area (Å²) in [5.41, 5.74) is 3.76. The van der Waals surface area contributed by atoms with Crippen LogP contribution < -0.4 is 0 Å². The molecule has 150 valence electrons. The molecule has 0 amide bonds. The van der Waals surface area contributed by atoms with Gasteiger partial charge in [0.15, 0.2) is 0 Å². The Morgan fingerprint density at radius 3 is 2.57 bits per heavy atom. The van der Waals surface area contributed by atoms with E-state index in [0.717, 1.165) is 30.0 Å². The quantitative estimate of drug-likeness (QED) is 0.669. The smallest absolute Gasteiger partial charge is 0.346 e. The Bertz CT molecular complexity index is 813. The van der Waals surface area contributed by atoms with E-state index in [4.69, 9.17) is 0 Å². The van der Waals surface area contributed by atoms with Crippen LogP contribution in [0.2, 0.25) is 0 Å². The summed E-state index contributed by atoms with van der Waals surface area (Å²) >= 11 is 1.37. The van der Waals surface area contributed by atoms with Crippen molar-refractivity contribution < 1.29 is 9.90 Å². The molecule has 3 nitrogen and oxygen atoms in total. The van der Waals surface area contributed by atoms with Crippen LogP contribution in [0.4, 0.5) is 0 Å². The first-order valence-corrected chi connectivity index (χ1v) is 11.7. The second-order valence-electron chi connectivity index (χ2n) is 8.74. The summed E-state index contributed by atoms with van der Waals surface area (Å²) in [6.07, 6.45) is 12.5. The van der Waals surface area contributed by atoms with Crippen LogP contribution in [-0.2, 0) is 0 Å². The lowest BCUT2D eigenvalue weighted by molar-refractivity contribution is 0.0702. The van der Waals surface area contributed by atoms with Gasteiger partial charge >= 0.3 is 5.97 Å². The molecular formula is C24H31NO2S. The molecule has 1 aromatic heterocycles. The van der Waals surface area contributed by atoms with Gasteiger partial charge in [-0.2, -0.15) is 0 Å². The molecule has 1 N–H and O–H groups in total. The normalized spacial score (nSPS) is 22.3. The summed E-state index contributed by atoms with van der Waals surface area (Å²) in [4.78, 5) is 15.8. The van der Waals surface area contributed by atoms with Crippen molar-refractivity contribution in [3.8, 4) is 11.8 Å². The number of carbonyl (C=O) groups is 1. The molecule has 0 unspecified atom stereocenters. The molecule has 0 atom stereocenters. The largest absolute Gasteiger partial charge is 0.477 e. The zero-order valence-corrected chi connectivity index (χ0v) is 17.7. The van der Waals surface area contributed by atoms with E-state index in [1.54, 1.807) is 0 Å². The van der Waals surface area contributed by atoms with E-state index >= 15 is 0 Å². The maximum absolute atomic E-state index is 12.0. The first-order valence-electron chi connectivity index (χ1n) is 10.9. The molecule has 0 saturated heterocycles. The first-order chi connectivity index (χ1) is 13.6. The number of carboxylic acid groups (broad SMARTS) is 1. The summed E-state index contributed by atoms with van der Waals surface area (Å²) in [5.74, 6) is 7.06. The second-order valence-corrected chi connectivity index (χ2v) is 9.79. The molecule has 0 aromatic carbocycles. The lowest BCUT2D eigenvalue weighted by atomic mass is 9.78. The Morgan fingerprint density at radius 1 is 1.14 bits per heavy atom. The summed E-state index contributed by atoms with van der Waals surface area (Å²) in [5, 5.41) is 9.88. The molecule has 4 heteroatoms. The van der Waals surface area contributed by atoms with Gasteiger partial charge in [-0.25, -0.2) is 4.79 Å². The molecule has 0 radical (unpaired) electrons. The average molecular weight is 398 g/mol. The fourth-order valence-electron chi connectivity index (χ4n) is 5.15. The minimum absolute atomic E-state index is 0.481. The summed E-state index contributed by atoms with van der Waals surface area (Å²) in [6, 6.07) is 2.08. The second kappa shape index (κ2) is 8.84. The van der Waals surface area contributed by atoms with Gasteiger partial charge in [-0.05, 0) is 56.7 Å². The van der Waals surface area contributed by atoms with Crippen molar-refractivity contribution >= 4 is 22.9 Å². The number of nitrogens with zero attached hydrogens (tertiary/aromatic N) is 1. The van der Waals surface area contributed by atoms with Crippen molar-refractivity contribution in [2.24, 2.45) is 11.8 Å². The summed E-state index contributed by atoms with van der Waals surface area (Å²) in [7, 11) is 2.14. The van der Waals surface area contributed by atoms with Crippen LogP contribution in [-0.4, -0.2) is 36.1 Å². The van der Waals surface area contributed by atoms with Crippen molar-refractivity contribution in [2.75, 3.05) is 20.1 Å². The number of thiophene rings is 1. The zero-order chi connectivity index (χ0) is 19.5. The molecule has 28 heavy (non-hydrogen) atoms. The van der Waals surface area contributed by atoms with E-state index in [9.17, 15) is 9.90 Å². The van der Waals surface area contributed by atoms with E-state index in [2.05, 4.69) is 29.9 Å². The fourth-order valence-corrected chi connectivity index (χ4v) is 6.04. The van der Waals surface area contributed by atoms with Gasteiger partial charge in [-0.1, -0.05) is 49.5 Å². The maximum atomic E-state index is 12.0. The highest BCUT2D eigenvalue weighted by Crippen LogP contribution is 2.40. The van der Waals surface area contributed by atoms with Crippen LogP contribution in [0, 0.1) is 23.7 Å². The summed E-state index contributed by atoms with van der Waals surface area (Å²) < 4.78 is 0. The third kappa shape index (κ3) is 4.36. The fraction of sp³-hybridized carbons (Fsp3) is 0.625. The van der Waals surface area contributed by atoms with E-state index in [-0.39, 0.29) is 0 Å². The lowest BCUT2D eigenvalue weighted by Gasteiger charge is -2.34. The van der Waals surface area contributed by atoms with E-state index in [1.807, 2.05) is 0 Å². The Balaban J connectivity index is 1.71. The minimum Gasteiger partial charge on any atom is -0.477 e. The molecule has 4 rings (SSSR count). The molecule has 2 fully saturated rings. The van der Waals surface area contributed by atoms with Crippen molar-refractivity contribution in [1.82, 2.24) is 4.90 Å². The van der Waals surface area contributed by atoms with Gasteiger partial charge in [0, 0.05) is 24.6 Å². The van der Waals surface area contributed by atoms with Crippen LogP contribution >= 0.6 is 11.3 Å². The third-order valence-corrected chi connectivity index (χ3v) is 7.72. The molecule has 2 heterocycles. The van der Waals surface area contributed by atoms with Gasteiger partial charge < -0.3 is 10.0 Å². The standard InChI is InChI=1S/C24H31NO2S/c1-25-14-13-20(18-9-3-2-4-10-18)22(16-25)21-15-19(28-23(21)24(26)27)12-11-17-7-5-6-8-17/h15,17-18H,2-10,13-14,16H2,1H3,(H,26,27). The van der Waals surface area contributed by atoms with Crippen molar-refractivity contribution in [1.29, 1.82) is 0 Å². The van der Waals surface area contributed by atoms with Gasteiger partial charge in [0.05, 0.1) is 4.88 Å². The van der Waals surface area contributed by atoms with Gasteiger partial charge in [0.2, 0.25) is 0 Å². The molecule has 1 aromatic rings. The van der Waals surface area contributed by atoms with Gasteiger partial charge in [-0.15, -0.1) is 11.3 Å². The number of likely N-dealkylation sites (N-methyl/N-ethyl adjacent to an activating group) is 1. The van der Waals surface area contributed by atoms with Gasteiger partial charge in [-0.3, -0.25) is 0 Å². The molecular weight excluding hydrogens is 366 g/mol. The lowest BCUT2D eigenvalue weighted by Crippen LogP contribution is -2.30. The number of aromatic carboxylic acids is 1. The number of carboxylic acids is 1. The predicted octanol–water partition coefficient (Wildman–Crippen LogP) is 5.66. The molecule has 2 saturated carbocycles. The van der Waals surface area contributed by atoms with E-state index in [0.29, 0.717) is 16.7 Å². The van der Waals surface area contributed by atoms with Crippen LogP contribution in [0.15, 0.2) is 11.6 Å². The van der Waals surface area contributed by atoms with E-state index < -0.39 is 5.97 Å². The van der Waals surface area contributed by atoms with Crippen LogP contribution in [0.5, 0.6) is 0 Å². The molecule has 0 spiro atoms. The Kier molecular flexibility index (Phi) is 6.23. The summed E-state index contributed by atoms with van der Waals surface area (Å²) in [6.45, 7) is 1.94. The third-order valence-electron chi connectivity index (χ3n) is 6.68. The topological polar surface area (TPSA) is 40.5 Å². The number of hydrogen-bond donors (Lipinski definition) is 1. The highest BCUT2D eigenvalue weighted by molar-refractivity contribution is 7.14. The van der Waals surface area contributed by atoms with Crippen molar-refractivity contribution in [3.63, 3.8) is 0 Å². The van der Waals surface area contributed by atoms with E-state index in [1.165, 1.54) is 80.3 Å². The SMILES string of the molecule is CN1CCC(C2CCCCC2)=C(c2cc(C#CC3CCCC3)sc2C(=O)O)C1. The highest BCUT2D eigenvalue weighted by Gasteiger charge is 2.28. The van der Waals surface area contributed by atoms with Gasteiger partial charge in [0.1, 0.15) is 4.88 Å². The molecule has 1 aliphatic heterocycles. The monoisotopic (exact) mass is 397 g/mol. The molecule has 3 aliphatic rings. The Hall–Kier alpha value is -1.57. The van der Waals surface area contributed by atoms with Gasteiger partial charge in [0.25, 0.3) is 0 Å². The number of hydrogen-bond acceptors (Lipinski definition) is 3. The predicted molar refractivity (Wildman–Crippen MR) is 116 cm³/mol. The maximum Gasteiger partial charge on any atom is 0.346 e. The number of rotatable bonds is 3. The van der Waals surface area contributed by atoms with Crippen LogP contribution in [0.1, 0.15) is 84.3 Å². The Morgan fingerprint density at radius 2 is 1.86 bits per heavy atom.